The molecule has 0 amide bonds. The van der Waals surface area contributed by atoms with Crippen LogP contribution in [0.3, 0.4) is 0 Å². The van der Waals surface area contributed by atoms with Crippen LogP contribution in [0.25, 0.3) is 11.3 Å². The first-order valence-corrected chi connectivity index (χ1v) is 18.5. The van der Waals surface area contributed by atoms with Gasteiger partial charge in [-0.1, -0.05) is 34.1 Å². The van der Waals surface area contributed by atoms with E-state index in [2.05, 4.69) is 55.2 Å². The van der Waals surface area contributed by atoms with Crippen molar-refractivity contribution in [2.75, 3.05) is 44.3 Å². The Morgan fingerprint density at radius 2 is 1.22 bits per heavy atom. The van der Waals surface area contributed by atoms with E-state index in [9.17, 15) is 9.59 Å². The van der Waals surface area contributed by atoms with E-state index >= 15 is 0 Å². The number of carbonyl (C=O) groups excluding carboxylic acids is 2. The average molecular weight is 742 g/mol. The molecule has 1 N–H and O–H groups in total. The molecule has 0 bridgehead atoms. The third-order valence-electron chi connectivity index (χ3n) is 8.63. The Labute approximate surface area is 298 Å². The summed E-state index contributed by atoms with van der Waals surface area (Å²) in [5, 5.41) is 12.1. The smallest absolute Gasteiger partial charge is 0.340 e. The molecule has 2 aliphatic rings. The molecule has 0 unspecified atom stereocenters. The maximum absolute atomic E-state index is 12.3. The van der Waals surface area contributed by atoms with E-state index in [4.69, 9.17) is 14.5 Å². The SMILES string of the molecule is C1CCNCC1.CCOC(=O)c1cnn2c(Br)c(C)nc2c1C(C)C.CCOC(=O)c1cnn2c(N3CCCCC3)c(C)nc2c1C(C)C. The molecule has 0 saturated carbocycles. The van der Waals surface area contributed by atoms with Crippen LogP contribution in [0.4, 0.5) is 5.82 Å². The standard InChI is InChI=1S/C18H26N4O2.C13H16BrN3O2.C5H11N/c1-5-24-18(23)14-11-19-22-16(15(14)12(2)3)20-13(4)17(22)21-9-7-6-8-10-21;1-5-19-13(18)9-6-15-17-11(14)8(4)16-12(17)10(9)7(2)3;1-2-4-6-5-3-1/h11-12H,5-10H2,1-4H3;6-7H,5H2,1-4H3;6H,1-5H2. The van der Waals surface area contributed by atoms with E-state index in [0.29, 0.717) is 30.0 Å². The summed E-state index contributed by atoms with van der Waals surface area (Å²) in [6.07, 6.45) is 11.1. The van der Waals surface area contributed by atoms with Crippen LogP contribution in [0, 0.1) is 13.8 Å². The van der Waals surface area contributed by atoms with Gasteiger partial charge in [0.15, 0.2) is 17.1 Å². The second-order valence-electron chi connectivity index (χ2n) is 13.0. The van der Waals surface area contributed by atoms with Crippen molar-refractivity contribution in [3.63, 3.8) is 0 Å². The Balaban J connectivity index is 0.000000192. The van der Waals surface area contributed by atoms with Gasteiger partial charge in [-0.3, -0.25) is 0 Å². The summed E-state index contributed by atoms with van der Waals surface area (Å²) < 4.78 is 14.7. The third kappa shape index (κ3) is 8.97. The monoisotopic (exact) mass is 740 g/mol. The number of imidazole rings is 2. The lowest BCUT2D eigenvalue weighted by Gasteiger charge is -2.28. The van der Waals surface area contributed by atoms with Crippen LogP contribution in [0.5, 0.6) is 0 Å². The Bertz CT molecular complexity index is 1710. The molecule has 12 nitrogen and oxygen atoms in total. The Morgan fingerprint density at radius 1 is 0.755 bits per heavy atom. The first-order chi connectivity index (χ1) is 23.5. The summed E-state index contributed by atoms with van der Waals surface area (Å²) in [5.41, 5.74) is 6.06. The van der Waals surface area contributed by atoms with Crippen molar-refractivity contribution in [2.24, 2.45) is 0 Å². The minimum atomic E-state index is -0.349. The number of esters is 2. The highest BCUT2D eigenvalue weighted by Crippen LogP contribution is 2.31. The van der Waals surface area contributed by atoms with Gasteiger partial charge in [0.25, 0.3) is 0 Å². The summed E-state index contributed by atoms with van der Waals surface area (Å²) >= 11 is 3.45. The van der Waals surface area contributed by atoms with Crippen molar-refractivity contribution in [3.05, 3.63) is 50.6 Å². The zero-order valence-corrected chi connectivity index (χ0v) is 32.0. The predicted molar refractivity (Wildman–Crippen MR) is 196 cm³/mol. The second-order valence-corrected chi connectivity index (χ2v) is 13.8. The maximum atomic E-state index is 12.3. The second kappa shape index (κ2) is 17.9. The third-order valence-corrected chi connectivity index (χ3v) is 9.54. The Morgan fingerprint density at radius 3 is 1.67 bits per heavy atom. The number of aryl methyl sites for hydroxylation is 2. The lowest BCUT2D eigenvalue weighted by atomic mass is 10.00. The molecule has 49 heavy (non-hydrogen) atoms. The van der Waals surface area contributed by atoms with Crippen LogP contribution in [-0.2, 0) is 9.47 Å². The van der Waals surface area contributed by atoms with Gasteiger partial charge in [0.2, 0.25) is 0 Å². The van der Waals surface area contributed by atoms with Gasteiger partial charge >= 0.3 is 11.9 Å². The number of ether oxygens (including phenoxy) is 2. The normalized spacial score (nSPS) is 14.8. The molecule has 2 aliphatic heterocycles. The van der Waals surface area contributed by atoms with Crippen molar-refractivity contribution in [1.82, 2.24) is 34.5 Å². The van der Waals surface area contributed by atoms with Crippen LogP contribution in [0.2, 0.25) is 0 Å². The Hall–Kier alpha value is -3.58. The maximum Gasteiger partial charge on any atom is 0.340 e. The summed E-state index contributed by atoms with van der Waals surface area (Å²) in [4.78, 5) is 35.9. The van der Waals surface area contributed by atoms with E-state index in [0.717, 1.165) is 51.7 Å². The quantitative estimate of drug-likeness (QED) is 0.195. The molecular formula is C36H53BrN8O4. The van der Waals surface area contributed by atoms with E-state index in [1.165, 1.54) is 51.6 Å². The molecule has 0 atom stereocenters. The van der Waals surface area contributed by atoms with E-state index in [-0.39, 0.29) is 23.8 Å². The highest BCUT2D eigenvalue weighted by Gasteiger charge is 2.26. The Kier molecular flexibility index (Phi) is 14.0. The van der Waals surface area contributed by atoms with Crippen LogP contribution in [0.15, 0.2) is 17.0 Å². The molecule has 2 fully saturated rings. The van der Waals surface area contributed by atoms with Gasteiger partial charge in [-0.2, -0.15) is 14.7 Å². The van der Waals surface area contributed by atoms with Crippen molar-refractivity contribution >= 4 is 45.0 Å². The molecule has 0 radical (unpaired) electrons. The van der Waals surface area contributed by atoms with Crippen molar-refractivity contribution in [3.8, 4) is 0 Å². The van der Waals surface area contributed by atoms with Gasteiger partial charge in [0.1, 0.15) is 4.60 Å². The number of anilines is 1. The summed E-state index contributed by atoms with van der Waals surface area (Å²) in [7, 11) is 0. The first kappa shape index (κ1) is 38.2. The molecule has 268 valence electrons. The molecule has 0 aliphatic carbocycles. The van der Waals surface area contributed by atoms with Crippen LogP contribution < -0.4 is 10.2 Å². The fourth-order valence-electron chi connectivity index (χ4n) is 6.33. The van der Waals surface area contributed by atoms with E-state index in [1.54, 1.807) is 23.8 Å². The van der Waals surface area contributed by atoms with Gasteiger partial charge in [0.05, 0.1) is 48.1 Å². The molecule has 4 aromatic rings. The van der Waals surface area contributed by atoms with Crippen molar-refractivity contribution in [1.29, 1.82) is 0 Å². The van der Waals surface area contributed by atoms with E-state index < -0.39 is 0 Å². The zero-order chi connectivity index (χ0) is 35.7. The van der Waals surface area contributed by atoms with Crippen LogP contribution in [-0.4, -0.2) is 80.5 Å². The fraction of sp³-hybridized carbons (Fsp3) is 0.611. The molecule has 13 heteroatoms. The molecule has 0 spiro atoms. The minimum Gasteiger partial charge on any atom is -0.462 e. The highest BCUT2D eigenvalue weighted by molar-refractivity contribution is 9.10. The molecule has 6 rings (SSSR count). The number of fused-ring (bicyclic) bond motifs is 2. The molecule has 4 aromatic heterocycles. The van der Waals surface area contributed by atoms with Crippen LogP contribution >= 0.6 is 15.9 Å². The topological polar surface area (TPSA) is 128 Å². The number of hydrogen-bond acceptors (Lipinski definition) is 10. The highest BCUT2D eigenvalue weighted by atomic mass is 79.9. The number of aromatic nitrogens is 6. The van der Waals surface area contributed by atoms with Crippen molar-refractivity contribution in [2.45, 2.75) is 106 Å². The fourth-order valence-corrected chi connectivity index (χ4v) is 6.68. The number of nitrogens with zero attached hydrogens (tertiary/aromatic N) is 7. The molecular weight excluding hydrogens is 688 g/mol. The lowest BCUT2D eigenvalue weighted by molar-refractivity contribution is 0.0514. The summed E-state index contributed by atoms with van der Waals surface area (Å²) in [5.74, 6) is 0.695. The summed E-state index contributed by atoms with van der Waals surface area (Å²) in [6.45, 7) is 21.0. The predicted octanol–water partition coefficient (Wildman–Crippen LogP) is 7.19. The van der Waals surface area contributed by atoms with Gasteiger partial charge in [-0.25, -0.2) is 24.1 Å². The van der Waals surface area contributed by atoms with Gasteiger partial charge in [-0.05, 0) is 101 Å². The largest absolute Gasteiger partial charge is 0.462 e. The number of rotatable bonds is 7. The number of piperidine rings is 2. The average Bonchev–Trinajstić information content (AvgIpc) is 3.59. The minimum absolute atomic E-state index is 0.151. The molecule has 0 aromatic carbocycles. The number of halogens is 1. The van der Waals surface area contributed by atoms with Crippen molar-refractivity contribution < 1.29 is 19.1 Å². The van der Waals surface area contributed by atoms with Crippen LogP contribution in [0.1, 0.15) is 135 Å². The van der Waals surface area contributed by atoms with Gasteiger partial charge < -0.3 is 19.7 Å². The van der Waals surface area contributed by atoms with Gasteiger partial charge in [-0.15, -0.1) is 0 Å². The number of nitrogens with one attached hydrogen (secondary N) is 1. The first-order valence-electron chi connectivity index (χ1n) is 17.7. The summed E-state index contributed by atoms with van der Waals surface area (Å²) in [6, 6.07) is 0. The van der Waals surface area contributed by atoms with Gasteiger partial charge in [0, 0.05) is 24.2 Å². The number of carbonyl (C=O) groups is 2. The zero-order valence-electron chi connectivity index (χ0n) is 30.4. The van der Waals surface area contributed by atoms with E-state index in [1.807, 2.05) is 39.1 Å². The number of hydrogen-bond donors (Lipinski definition) is 1. The molecule has 6 heterocycles. The lowest BCUT2D eigenvalue weighted by Crippen LogP contribution is -2.31. The molecule has 2 saturated heterocycles.